The van der Waals surface area contributed by atoms with Gasteiger partial charge in [0.25, 0.3) is 0 Å². The van der Waals surface area contributed by atoms with Gasteiger partial charge in [-0.1, -0.05) is 35.3 Å². The van der Waals surface area contributed by atoms with Gasteiger partial charge < -0.3 is 15.4 Å². The molecule has 4 nitrogen and oxygen atoms in total. The van der Waals surface area contributed by atoms with E-state index < -0.39 is 0 Å². The minimum atomic E-state index is -0.348. The lowest BCUT2D eigenvalue weighted by Crippen LogP contribution is -2.30. The van der Waals surface area contributed by atoms with E-state index in [0.717, 1.165) is 29.3 Å². The van der Waals surface area contributed by atoms with Crippen molar-refractivity contribution < 1.29 is 9.53 Å². The van der Waals surface area contributed by atoms with Crippen LogP contribution in [0.5, 0.6) is 0 Å². The second-order valence-corrected chi connectivity index (χ2v) is 7.81. The number of halogens is 2. The van der Waals surface area contributed by atoms with E-state index in [1.165, 1.54) is 0 Å². The van der Waals surface area contributed by atoms with Crippen molar-refractivity contribution in [3.8, 4) is 0 Å². The van der Waals surface area contributed by atoms with Gasteiger partial charge >= 0.3 is 5.97 Å². The number of hydrogen-bond donors (Lipinski definition) is 2. The first-order chi connectivity index (χ1) is 13.0. The van der Waals surface area contributed by atoms with Crippen molar-refractivity contribution in [2.24, 2.45) is 0 Å². The summed E-state index contributed by atoms with van der Waals surface area (Å²) >= 11 is 19.0. The van der Waals surface area contributed by atoms with E-state index in [1.807, 2.05) is 24.3 Å². The molecule has 0 aliphatic carbocycles. The van der Waals surface area contributed by atoms with Crippen LogP contribution in [0.15, 0.2) is 42.5 Å². The Morgan fingerprint density at radius 1 is 1.19 bits per heavy atom. The van der Waals surface area contributed by atoms with E-state index in [0.29, 0.717) is 27.3 Å². The summed E-state index contributed by atoms with van der Waals surface area (Å²) in [4.78, 5) is 11.8. The molecule has 0 heterocycles. The largest absolute Gasteiger partial charge is 0.462 e. The fourth-order valence-corrected chi connectivity index (χ4v) is 3.52. The molecule has 0 amide bonds. The Kier molecular flexibility index (Phi) is 9.21. The molecular weight excluding hydrogens is 423 g/mol. The standard InChI is InChI=1S/C19H20Cl2N2O2S2/c1-2-25-18(24)14-4-3-5-15(11-14)23-19(26)22-8-9-27-12-13-6-7-16(20)17(21)10-13/h3-7,10-11H,2,8-9,12H2,1H3,(H2,22,23,26). The Hall–Kier alpha value is -1.47. The summed E-state index contributed by atoms with van der Waals surface area (Å²) in [6, 6.07) is 12.7. The Balaban J connectivity index is 1.71. The number of esters is 1. The summed E-state index contributed by atoms with van der Waals surface area (Å²) in [6.45, 7) is 2.84. The molecule has 0 aromatic heterocycles. The zero-order valence-electron chi connectivity index (χ0n) is 14.8. The Labute approximate surface area is 179 Å². The van der Waals surface area contributed by atoms with Crippen molar-refractivity contribution in [1.82, 2.24) is 5.32 Å². The highest BCUT2D eigenvalue weighted by atomic mass is 35.5. The lowest BCUT2D eigenvalue weighted by atomic mass is 10.2. The van der Waals surface area contributed by atoms with Gasteiger partial charge in [0.15, 0.2) is 5.11 Å². The molecule has 2 N–H and O–H groups in total. The number of hydrogen-bond acceptors (Lipinski definition) is 4. The molecule has 0 bridgehead atoms. The summed E-state index contributed by atoms with van der Waals surface area (Å²) < 4.78 is 5.00. The second-order valence-electron chi connectivity index (χ2n) is 5.48. The number of thiocarbonyl (C=S) groups is 1. The van der Waals surface area contributed by atoms with E-state index in [9.17, 15) is 4.79 Å². The number of carbonyl (C=O) groups is 1. The predicted octanol–water partition coefficient (Wildman–Crippen LogP) is 5.39. The van der Waals surface area contributed by atoms with E-state index in [-0.39, 0.29) is 5.97 Å². The number of benzene rings is 2. The smallest absolute Gasteiger partial charge is 0.338 e. The molecule has 144 valence electrons. The molecule has 0 unspecified atom stereocenters. The van der Waals surface area contributed by atoms with Gasteiger partial charge in [0.05, 0.1) is 22.2 Å². The van der Waals surface area contributed by atoms with Crippen LogP contribution < -0.4 is 10.6 Å². The van der Waals surface area contributed by atoms with Crippen LogP contribution in [-0.2, 0) is 10.5 Å². The average molecular weight is 443 g/mol. The lowest BCUT2D eigenvalue weighted by Gasteiger charge is -2.11. The number of ether oxygens (including phenoxy) is 1. The highest BCUT2D eigenvalue weighted by molar-refractivity contribution is 7.98. The highest BCUT2D eigenvalue weighted by Crippen LogP contribution is 2.24. The van der Waals surface area contributed by atoms with Crippen LogP contribution >= 0.6 is 47.2 Å². The molecule has 2 aromatic rings. The maximum Gasteiger partial charge on any atom is 0.338 e. The molecule has 0 aliphatic heterocycles. The molecule has 0 atom stereocenters. The summed E-state index contributed by atoms with van der Waals surface area (Å²) in [5, 5.41) is 7.86. The fourth-order valence-electron chi connectivity index (χ4n) is 2.17. The third-order valence-electron chi connectivity index (χ3n) is 3.42. The third-order valence-corrected chi connectivity index (χ3v) is 5.43. The molecular formula is C19H20Cl2N2O2S2. The predicted molar refractivity (Wildman–Crippen MR) is 119 cm³/mol. The van der Waals surface area contributed by atoms with Crippen LogP contribution in [0.25, 0.3) is 0 Å². The zero-order chi connectivity index (χ0) is 19.6. The average Bonchev–Trinajstić information content (AvgIpc) is 2.64. The topological polar surface area (TPSA) is 50.4 Å². The summed E-state index contributed by atoms with van der Waals surface area (Å²) in [5.41, 5.74) is 2.36. The van der Waals surface area contributed by atoms with Crippen LogP contribution in [-0.4, -0.2) is 30.0 Å². The fraction of sp³-hybridized carbons (Fsp3) is 0.263. The maximum atomic E-state index is 11.8. The molecule has 8 heteroatoms. The second kappa shape index (κ2) is 11.4. The number of nitrogens with one attached hydrogen (secondary N) is 2. The molecule has 0 fully saturated rings. The number of rotatable bonds is 8. The Morgan fingerprint density at radius 2 is 2.00 bits per heavy atom. The van der Waals surface area contributed by atoms with Gasteiger partial charge in [-0.05, 0) is 55.0 Å². The molecule has 0 radical (unpaired) electrons. The number of anilines is 1. The molecule has 2 rings (SSSR count). The number of thioether (sulfide) groups is 1. The van der Waals surface area contributed by atoms with E-state index in [2.05, 4.69) is 10.6 Å². The first-order valence-electron chi connectivity index (χ1n) is 8.33. The van der Waals surface area contributed by atoms with Crippen molar-refractivity contribution in [2.45, 2.75) is 12.7 Å². The van der Waals surface area contributed by atoms with E-state index >= 15 is 0 Å². The van der Waals surface area contributed by atoms with Crippen LogP contribution in [0, 0.1) is 0 Å². The van der Waals surface area contributed by atoms with Gasteiger partial charge in [0, 0.05) is 23.7 Å². The quantitative estimate of drug-likeness (QED) is 0.324. The first kappa shape index (κ1) is 21.8. The van der Waals surface area contributed by atoms with Crippen molar-refractivity contribution in [1.29, 1.82) is 0 Å². The van der Waals surface area contributed by atoms with Gasteiger partial charge in [-0.15, -0.1) is 0 Å². The number of carbonyl (C=O) groups excluding carboxylic acids is 1. The Morgan fingerprint density at radius 3 is 2.74 bits per heavy atom. The van der Waals surface area contributed by atoms with Crippen molar-refractivity contribution in [3.05, 3.63) is 63.6 Å². The van der Waals surface area contributed by atoms with E-state index in [4.69, 9.17) is 40.2 Å². The van der Waals surface area contributed by atoms with Crippen LogP contribution in [0.1, 0.15) is 22.8 Å². The molecule has 0 aliphatic rings. The van der Waals surface area contributed by atoms with Gasteiger partial charge in [-0.2, -0.15) is 11.8 Å². The van der Waals surface area contributed by atoms with Crippen LogP contribution in [0.3, 0.4) is 0 Å². The van der Waals surface area contributed by atoms with Crippen LogP contribution in [0.4, 0.5) is 5.69 Å². The van der Waals surface area contributed by atoms with Crippen molar-refractivity contribution in [2.75, 3.05) is 24.2 Å². The highest BCUT2D eigenvalue weighted by Gasteiger charge is 2.07. The minimum absolute atomic E-state index is 0.344. The molecule has 0 spiro atoms. The van der Waals surface area contributed by atoms with Gasteiger partial charge in [-0.25, -0.2) is 4.79 Å². The summed E-state index contributed by atoms with van der Waals surface area (Å²) in [6.07, 6.45) is 0. The first-order valence-corrected chi connectivity index (χ1v) is 10.6. The van der Waals surface area contributed by atoms with E-state index in [1.54, 1.807) is 36.9 Å². The molecule has 27 heavy (non-hydrogen) atoms. The summed E-state index contributed by atoms with van der Waals surface area (Å²) in [7, 11) is 0. The van der Waals surface area contributed by atoms with Gasteiger partial charge in [0.1, 0.15) is 0 Å². The van der Waals surface area contributed by atoms with Crippen molar-refractivity contribution >= 4 is 64.0 Å². The Bertz CT molecular complexity index is 803. The van der Waals surface area contributed by atoms with Crippen molar-refractivity contribution in [3.63, 3.8) is 0 Å². The lowest BCUT2D eigenvalue weighted by molar-refractivity contribution is 0.0526. The zero-order valence-corrected chi connectivity index (χ0v) is 17.9. The van der Waals surface area contributed by atoms with Crippen LogP contribution in [0.2, 0.25) is 10.0 Å². The van der Waals surface area contributed by atoms with Gasteiger partial charge in [-0.3, -0.25) is 0 Å². The minimum Gasteiger partial charge on any atom is -0.462 e. The SMILES string of the molecule is CCOC(=O)c1cccc(NC(=S)NCCSCc2ccc(Cl)c(Cl)c2)c1. The monoisotopic (exact) mass is 442 g/mol. The summed E-state index contributed by atoms with van der Waals surface area (Å²) in [5.74, 6) is 1.38. The molecule has 0 saturated heterocycles. The molecule has 2 aromatic carbocycles. The normalized spacial score (nSPS) is 10.3. The van der Waals surface area contributed by atoms with Gasteiger partial charge in [0.2, 0.25) is 0 Å². The maximum absolute atomic E-state index is 11.8. The third kappa shape index (κ3) is 7.58. The molecule has 0 saturated carbocycles.